The summed E-state index contributed by atoms with van der Waals surface area (Å²) in [5.74, 6) is 0.653. The Hall–Kier alpha value is -2.06. The molecule has 0 saturated carbocycles. The van der Waals surface area contributed by atoms with Crippen LogP contribution in [0.15, 0.2) is 47.1 Å². The number of hydrogen-bond donors (Lipinski definition) is 0. The zero-order valence-corrected chi connectivity index (χ0v) is 13.0. The molecule has 1 aromatic carbocycles. The quantitative estimate of drug-likeness (QED) is 0.857. The second-order valence-corrected chi connectivity index (χ2v) is 5.83. The largest absolute Gasteiger partial charge is 0.472 e. The number of aromatic nitrogens is 1. The van der Waals surface area contributed by atoms with Crippen LogP contribution < -0.4 is 9.64 Å². The molecule has 3 rings (SSSR count). The Balaban J connectivity index is 1.71. The molecule has 1 saturated heterocycles. The molecule has 4 nitrogen and oxygen atoms in total. The van der Waals surface area contributed by atoms with Gasteiger partial charge < -0.3 is 9.64 Å². The second kappa shape index (κ2) is 6.15. The van der Waals surface area contributed by atoms with E-state index in [0.717, 1.165) is 29.7 Å². The molecule has 0 aliphatic carbocycles. The summed E-state index contributed by atoms with van der Waals surface area (Å²) in [5.41, 5.74) is 1.65. The lowest BCUT2D eigenvalue weighted by Crippen LogP contribution is -2.25. The van der Waals surface area contributed by atoms with Crippen molar-refractivity contribution in [3.05, 3.63) is 52.6 Å². The van der Waals surface area contributed by atoms with Gasteiger partial charge in [0, 0.05) is 29.7 Å². The van der Waals surface area contributed by atoms with Crippen molar-refractivity contribution in [1.29, 1.82) is 5.26 Å². The van der Waals surface area contributed by atoms with Crippen molar-refractivity contribution < 1.29 is 4.74 Å². The fourth-order valence-corrected chi connectivity index (χ4v) is 2.87. The lowest BCUT2D eigenvalue weighted by molar-refractivity contribution is 0.216. The van der Waals surface area contributed by atoms with Crippen LogP contribution in [0.4, 0.5) is 5.69 Å². The van der Waals surface area contributed by atoms with Gasteiger partial charge in [-0.1, -0.05) is 22.0 Å². The van der Waals surface area contributed by atoms with E-state index in [1.807, 2.05) is 36.4 Å². The van der Waals surface area contributed by atoms with Crippen LogP contribution in [0, 0.1) is 11.3 Å². The van der Waals surface area contributed by atoms with Crippen molar-refractivity contribution in [2.75, 3.05) is 18.0 Å². The van der Waals surface area contributed by atoms with Crippen LogP contribution in [0.25, 0.3) is 0 Å². The number of pyridine rings is 1. The standard InChI is InChI=1S/C16H14BrN3O/c17-13-4-5-15(12(9-13)10-18)20-8-6-14(11-20)21-16-3-1-2-7-19-16/h1-5,7,9,14H,6,8,11H2/t14-/m1/s1. The zero-order valence-electron chi connectivity index (χ0n) is 11.4. The fraction of sp³-hybridized carbons (Fsp3) is 0.250. The molecule has 1 aliphatic rings. The third kappa shape index (κ3) is 3.17. The monoisotopic (exact) mass is 343 g/mol. The minimum atomic E-state index is 0.107. The normalized spacial score (nSPS) is 17.5. The van der Waals surface area contributed by atoms with Gasteiger partial charge in [-0.25, -0.2) is 4.98 Å². The van der Waals surface area contributed by atoms with E-state index in [1.165, 1.54) is 0 Å². The number of nitrogens with zero attached hydrogens (tertiary/aromatic N) is 3. The summed E-state index contributed by atoms with van der Waals surface area (Å²) in [6.45, 7) is 1.65. The molecule has 0 amide bonds. The first kappa shape index (κ1) is 13.9. The Bertz CT molecular complexity index is 669. The molecule has 5 heteroatoms. The van der Waals surface area contributed by atoms with E-state index >= 15 is 0 Å². The molecule has 2 heterocycles. The molecule has 0 bridgehead atoms. The molecule has 2 aromatic rings. The van der Waals surface area contributed by atoms with E-state index in [0.29, 0.717) is 11.4 Å². The molecule has 0 unspecified atom stereocenters. The number of nitriles is 1. The van der Waals surface area contributed by atoms with Crippen molar-refractivity contribution in [1.82, 2.24) is 4.98 Å². The summed E-state index contributed by atoms with van der Waals surface area (Å²) in [6, 6.07) is 13.7. The highest BCUT2D eigenvalue weighted by atomic mass is 79.9. The Kier molecular flexibility index (Phi) is 4.07. The number of rotatable bonds is 3. The Morgan fingerprint density at radius 3 is 3.00 bits per heavy atom. The number of ether oxygens (including phenoxy) is 1. The van der Waals surface area contributed by atoms with Crippen LogP contribution in [-0.2, 0) is 0 Å². The molecule has 0 N–H and O–H groups in total. The van der Waals surface area contributed by atoms with Crippen molar-refractivity contribution in [3.8, 4) is 11.9 Å². The van der Waals surface area contributed by atoms with E-state index in [1.54, 1.807) is 6.20 Å². The topological polar surface area (TPSA) is 49.2 Å². The van der Waals surface area contributed by atoms with Crippen LogP contribution in [0.3, 0.4) is 0 Å². The second-order valence-electron chi connectivity index (χ2n) is 4.92. The molecular formula is C16H14BrN3O. The van der Waals surface area contributed by atoms with Crippen LogP contribution in [0.5, 0.6) is 5.88 Å². The number of benzene rings is 1. The lowest BCUT2D eigenvalue weighted by Gasteiger charge is -2.20. The van der Waals surface area contributed by atoms with Crippen molar-refractivity contribution >= 4 is 21.6 Å². The van der Waals surface area contributed by atoms with Gasteiger partial charge in [0.1, 0.15) is 12.2 Å². The highest BCUT2D eigenvalue weighted by Crippen LogP contribution is 2.28. The molecule has 0 spiro atoms. The molecule has 21 heavy (non-hydrogen) atoms. The summed E-state index contributed by atoms with van der Waals surface area (Å²) in [7, 11) is 0. The predicted octanol–water partition coefficient (Wildman–Crippen LogP) is 3.37. The van der Waals surface area contributed by atoms with E-state index in [9.17, 15) is 5.26 Å². The maximum Gasteiger partial charge on any atom is 0.213 e. The highest BCUT2D eigenvalue weighted by molar-refractivity contribution is 9.10. The van der Waals surface area contributed by atoms with Crippen molar-refractivity contribution in [3.63, 3.8) is 0 Å². The summed E-state index contributed by atoms with van der Waals surface area (Å²) >= 11 is 3.40. The van der Waals surface area contributed by atoms with Gasteiger partial charge in [-0.3, -0.25) is 0 Å². The lowest BCUT2D eigenvalue weighted by atomic mass is 10.2. The van der Waals surface area contributed by atoms with Gasteiger partial charge in [0.2, 0.25) is 5.88 Å². The molecule has 1 fully saturated rings. The fourth-order valence-electron chi connectivity index (χ4n) is 2.50. The molecular weight excluding hydrogens is 330 g/mol. The predicted molar refractivity (Wildman–Crippen MR) is 84.3 cm³/mol. The van der Waals surface area contributed by atoms with Gasteiger partial charge in [-0.15, -0.1) is 0 Å². The Labute approximate surface area is 132 Å². The SMILES string of the molecule is N#Cc1cc(Br)ccc1N1CC[C@@H](Oc2ccccn2)C1. The van der Waals surface area contributed by atoms with Crippen molar-refractivity contribution in [2.45, 2.75) is 12.5 Å². The first-order chi connectivity index (χ1) is 10.3. The van der Waals surface area contributed by atoms with Gasteiger partial charge in [-0.05, 0) is 24.3 Å². The molecule has 0 radical (unpaired) electrons. The third-order valence-electron chi connectivity index (χ3n) is 3.49. The summed E-state index contributed by atoms with van der Waals surface area (Å²) < 4.78 is 6.80. The maximum absolute atomic E-state index is 9.27. The van der Waals surface area contributed by atoms with E-state index in [2.05, 4.69) is 31.9 Å². The maximum atomic E-state index is 9.27. The summed E-state index contributed by atoms with van der Waals surface area (Å²) in [6.07, 6.45) is 2.76. The highest BCUT2D eigenvalue weighted by Gasteiger charge is 2.26. The number of halogens is 1. The average molecular weight is 344 g/mol. The van der Waals surface area contributed by atoms with Gasteiger partial charge in [-0.2, -0.15) is 5.26 Å². The molecule has 1 atom stereocenters. The third-order valence-corrected chi connectivity index (χ3v) is 3.98. The van der Waals surface area contributed by atoms with Crippen LogP contribution in [0.2, 0.25) is 0 Å². The molecule has 106 valence electrons. The van der Waals surface area contributed by atoms with Gasteiger partial charge in [0.05, 0.1) is 17.8 Å². The zero-order chi connectivity index (χ0) is 14.7. The van der Waals surface area contributed by atoms with Crippen LogP contribution in [-0.4, -0.2) is 24.2 Å². The Morgan fingerprint density at radius 2 is 2.24 bits per heavy atom. The number of anilines is 1. The molecule has 1 aliphatic heterocycles. The summed E-state index contributed by atoms with van der Waals surface area (Å²) in [4.78, 5) is 6.38. The van der Waals surface area contributed by atoms with Crippen LogP contribution in [0.1, 0.15) is 12.0 Å². The number of hydrogen-bond acceptors (Lipinski definition) is 4. The first-order valence-corrected chi connectivity index (χ1v) is 7.58. The minimum Gasteiger partial charge on any atom is -0.472 e. The van der Waals surface area contributed by atoms with Gasteiger partial charge >= 0.3 is 0 Å². The van der Waals surface area contributed by atoms with Gasteiger partial charge in [0.25, 0.3) is 0 Å². The van der Waals surface area contributed by atoms with E-state index in [4.69, 9.17) is 4.74 Å². The minimum absolute atomic E-state index is 0.107. The molecule has 1 aromatic heterocycles. The van der Waals surface area contributed by atoms with E-state index in [-0.39, 0.29) is 6.10 Å². The van der Waals surface area contributed by atoms with E-state index < -0.39 is 0 Å². The average Bonchev–Trinajstić information content (AvgIpc) is 2.96. The Morgan fingerprint density at radius 1 is 1.33 bits per heavy atom. The van der Waals surface area contributed by atoms with Crippen molar-refractivity contribution in [2.24, 2.45) is 0 Å². The first-order valence-electron chi connectivity index (χ1n) is 6.78. The van der Waals surface area contributed by atoms with Crippen LogP contribution >= 0.6 is 15.9 Å². The summed E-state index contributed by atoms with van der Waals surface area (Å²) in [5, 5.41) is 9.27. The van der Waals surface area contributed by atoms with Gasteiger partial charge in [0.15, 0.2) is 0 Å². The smallest absolute Gasteiger partial charge is 0.213 e.